The topological polar surface area (TPSA) is 65.4 Å². The smallest absolute Gasteiger partial charge is 0.251 e. The Morgan fingerprint density at radius 3 is 2.90 bits per heavy atom. The third kappa shape index (κ3) is 2.33. The molecule has 0 saturated carbocycles. The molecule has 3 rings (SSSR count). The number of Topliss-reactive ketones (excluding diaryl/α,β-unsaturated/α-hetero) is 2. The van der Waals surface area contributed by atoms with E-state index in [1.807, 2.05) is 0 Å². The number of pyridine rings is 1. The SMILES string of the molecule is O=C1CCCc2c1ccc(=O)n2CC(=O)C1CCOC1. The Bertz CT molecular complexity index is 611. The number of ether oxygens (including phenoxy) is 1. The third-order valence-electron chi connectivity index (χ3n) is 4.11. The van der Waals surface area contributed by atoms with Crippen molar-refractivity contribution < 1.29 is 14.3 Å². The molecule has 2 aliphatic rings. The van der Waals surface area contributed by atoms with Crippen LogP contribution in [0.5, 0.6) is 0 Å². The molecule has 1 aliphatic heterocycles. The highest BCUT2D eigenvalue weighted by Gasteiger charge is 2.26. The zero-order valence-corrected chi connectivity index (χ0v) is 11.3. The molecule has 1 aromatic heterocycles. The summed E-state index contributed by atoms with van der Waals surface area (Å²) in [6, 6.07) is 2.99. The van der Waals surface area contributed by atoms with Gasteiger partial charge in [-0.25, -0.2) is 0 Å². The highest BCUT2D eigenvalue weighted by molar-refractivity contribution is 5.98. The van der Waals surface area contributed by atoms with Gasteiger partial charge in [0.05, 0.1) is 13.2 Å². The van der Waals surface area contributed by atoms with Crippen molar-refractivity contribution in [1.82, 2.24) is 4.57 Å². The maximum Gasteiger partial charge on any atom is 0.251 e. The Kier molecular flexibility index (Phi) is 3.53. The van der Waals surface area contributed by atoms with Gasteiger partial charge in [0.15, 0.2) is 11.6 Å². The molecule has 1 unspecified atom stereocenters. The van der Waals surface area contributed by atoms with Crippen molar-refractivity contribution in [2.24, 2.45) is 5.92 Å². The molecule has 0 bridgehead atoms. The summed E-state index contributed by atoms with van der Waals surface area (Å²) >= 11 is 0. The first-order valence-electron chi connectivity index (χ1n) is 7.03. The van der Waals surface area contributed by atoms with Crippen LogP contribution < -0.4 is 5.56 Å². The zero-order valence-electron chi connectivity index (χ0n) is 11.3. The predicted octanol–water partition coefficient (Wildman–Crippen LogP) is 0.973. The van der Waals surface area contributed by atoms with E-state index in [4.69, 9.17) is 4.74 Å². The lowest BCUT2D eigenvalue weighted by Gasteiger charge is -2.20. The fraction of sp³-hybridized carbons (Fsp3) is 0.533. The van der Waals surface area contributed by atoms with Crippen LogP contribution in [0.1, 0.15) is 35.3 Å². The molecule has 20 heavy (non-hydrogen) atoms. The standard InChI is InChI=1S/C15H17NO4/c17-13-3-1-2-12-11(13)4-5-15(19)16(12)8-14(18)10-6-7-20-9-10/h4-5,10H,1-3,6-9H2. The van der Waals surface area contributed by atoms with Crippen molar-refractivity contribution in [1.29, 1.82) is 0 Å². The number of carbonyl (C=O) groups is 2. The molecule has 1 aromatic rings. The van der Waals surface area contributed by atoms with E-state index in [2.05, 4.69) is 0 Å². The Morgan fingerprint density at radius 1 is 1.30 bits per heavy atom. The van der Waals surface area contributed by atoms with Crippen LogP contribution in [0.15, 0.2) is 16.9 Å². The minimum absolute atomic E-state index is 0.0241. The van der Waals surface area contributed by atoms with Crippen LogP contribution in [0.4, 0.5) is 0 Å². The van der Waals surface area contributed by atoms with E-state index >= 15 is 0 Å². The number of hydrogen-bond donors (Lipinski definition) is 0. The number of carbonyl (C=O) groups excluding carboxylic acids is 2. The molecule has 1 atom stereocenters. The first kappa shape index (κ1) is 13.2. The monoisotopic (exact) mass is 275 g/mol. The normalized spacial score (nSPS) is 21.8. The Labute approximate surface area is 116 Å². The number of ketones is 2. The molecule has 2 heterocycles. The van der Waals surface area contributed by atoms with Gasteiger partial charge in [0.25, 0.3) is 5.56 Å². The van der Waals surface area contributed by atoms with E-state index in [1.165, 1.54) is 10.6 Å². The van der Waals surface area contributed by atoms with E-state index in [9.17, 15) is 14.4 Å². The molecule has 5 heteroatoms. The second-order valence-corrected chi connectivity index (χ2v) is 5.42. The number of nitrogens with zero attached hydrogens (tertiary/aromatic N) is 1. The lowest BCUT2D eigenvalue weighted by molar-refractivity contribution is -0.123. The number of fused-ring (bicyclic) bond motifs is 1. The molecule has 0 N–H and O–H groups in total. The fourth-order valence-corrected chi connectivity index (χ4v) is 2.94. The van der Waals surface area contributed by atoms with Crippen LogP contribution in [-0.4, -0.2) is 29.3 Å². The van der Waals surface area contributed by atoms with Gasteiger partial charge in [0.1, 0.15) is 0 Å². The van der Waals surface area contributed by atoms with Crippen molar-refractivity contribution in [3.63, 3.8) is 0 Å². The molecule has 0 spiro atoms. The molecular weight excluding hydrogens is 258 g/mol. The fourth-order valence-electron chi connectivity index (χ4n) is 2.94. The first-order valence-corrected chi connectivity index (χ1v) is 7.03. The molecule has 5 nitrogen and oxygen atoms in total. The molecule has 1 saturated heterocycles. The molecule has 1 aliphatic carbocycles. The average molecular weight is 275 g/mol. The van der Waals surface area contributed by atoms with Crippen LogP contribution in [0, 0.1) is 5.92 Å². The van der Waals surface area contributed by atoms with E-state index in [1.54, 1.807) is 6.07 Å². The van der Waals surface area contributed by atoms with Gasteiger partial charge in [0, 0.05) is 36.3 Å². The second kappa shape index (κ2) is 5.32. The summed E-state index contributed by atoms with van der Waals surface area (Å²) in [5.74, 6) is -0.0234. The minimum atomic E-state index is -0.203. The molecular formula is C15H17NO4. The van der Waals surface area contributed by atoms with Crippen molar-refractivity contribution in [2.45, 2.75) is 32.2 Å². The van der Waals surface area contributed by atoms with Gasteiger partial charge < -0.3 is 9.30 Å². The van der Waals surface area contributed by atoms with Crippen molar-refractivity contribution in [3.05, 3.63) is 33.7 Å². The van der Waals surface area contributed by atoms with Gasteiger partial charge in [-0.3, -0.25) is 14.4 Å². The maximum atomic E-state index is 12.2. The first-order chi connectivity index (χ1) is 9.66. The number of rotatable bonds is 3. The van der Waals surface area contributed by atoms with E-state index < -0.39 is 0 Å². The van der Waals surface area contributed by atoms with Crippen molar-refractivity contribution in [2.75, 3.05) is 13.2 Å². The van der Waals surface area contributed by atoms with Gasteiger partial charge in [-0.2, -0.15) is 0 Å². The largest absolute Gasteiger partial charge is 0.381 e. The summed E-state index contributed by atoms with van der Waals surface area (Å²) in [7, 11) is 0. The van der Waals surface area contributed by atoms with E-state index in [-0.39, 0.29) is 29.6 Å². The van der Waals surface area contributed by atoms with Gasteiger partial charge in [-0.15, -0.1) is 0 Å². The summed E-state index contributed by atoms with van der Waals surface area (Å²) in [4.78, 5) is 36.1. The van der Waals surface area contributed by atoms with Crippen LogP contribution in [0.2, 0.25) is 0 Å². The molecule has 0 radical (unpaired) electrons. The predicted molar refractivity (Wildman–Crippen MR) is 71.9 cm³/mol. The van der Waals surface area contributed by atoms with Gasteiger partial charge in [0.2, 0.25) is 0 Å². The third-order valence-corrected chi connectivity index (χ3v) is 4.11. The maximum absolute atomic E-state index is 12.2. The summed E-state index contributed by atoms with van der Waals surface area (Å²) < 4.78 is 6.69. The Balaban J connectivity index is 1.92. The number of aromatic nitrogens is 1. The van der Waals surface area contributed by atoms with Gasteiger partial charge in [-0.1, -0.05) is 0 Å². The summed E-state index contributed by atoms with van der Waals surface area (Å²) in [6.07, 6.45) is 2.68. The second-order valence-electron chi connectivity index (χ2n) is 5.42. The molecule has 1 fully saturated rings. The van der Waals surface area contributed by atoms with Crippen LogP contribution in [-0.2, 0) is 22.5 Å². The summed E-state index contributed by atoms with van der Waals surface area (Å²) in [5, 5.41) is 0. The number of hydrogen-bond acceptors (Lipinski definition) is 4. The van der Waals surface area contributed by atoms with Gasteiger partial charge >= 0.3 is 0 Å². The highest BCUT2D eigenvalue weighted by Crippen LogP contribution is 2.21. The molecule has 0 amide bonds. The van der Waals surface area contributed by atoms with Crippen molar-refractivity contribution >= 4 is 11.6 Å². The lowest BCUT2D eigenvalue weighted by Crippen LogP contribution is -2.32. The van der Waals surface area contributed by atoms with E-state index in [0.717, 1.165) is 18.5 Å². The van der Waals surface area contributed by atoms with Crippen molar-refractivity contribution in [3.8, 4) is 0 Å². The lowest BCUT2D eigenvalue weighted by atomic mass is 9.94. The Hall–Kier alpha value is -1.75. The summed E-state index contributed by atoms with van der Waals surface area (Å²) in [6.45, 7) is 1.11. The van der Waals surface area contributed by atoms with Crippen LogP contribution >= 0.6 is 0 Å². The van der Waals surface area contributed by atoms with Crippen LogP contribution in [0.25, 0.3) is 0 Å². The summed E-state index contributed by atoms with van der Waals surface area (Å²) in [5.41, 5.74) is 1.12. The quantitative estimate of drug-likeness (QED) is 0.824. The van der Waals surface area contributed by atoms with Crippen LogP contribution in [0.3, 0.4) is 0 Å². The minimum Gasteiger partial charge on any atom is -0.381 e. The Morgan fingerprint density at radius 2 is 2.15 bits per heavy atom. The average Bonchev–Trinajstić information content (AvgIpc) is 2.96. The molecule has 106 valence electrons. The van der Waals surface area contributed by atoms with E-state index in [0.29, 0.717) is 31.6 Å². The van der Waals surface area contributed by atoms with Gasteiger partial charge in [-0.05, 0) is 25.3 Å². The molecule has 0 aromatic carbocycles. The zero-order chi connectivity index (χ0) is 14.1. The highest BCUT2D eigenvalue weighted by atomic mass is 16.5.